The maximum absolute atomic E-state index is 12.6. The van der Waals surface area contributed by atoms with E-state index in [1.165, 1.54) is 0 Å². The quantitative estimate of drug-likeness (QED) is 0.794. The highest BCUT2D eigenvalue weighted by Crippen LogP contribution is 2.49. The maximum atomic E-state index is 12.6. The minimum Gasteiger partial charge on any atom is -0.479 e. The summed E-state index contributed by atoms with van der Waals surface area (Å²) < 4.78 is 42.7. The number of nitrogens with one attached hydrogen (secondary N) is 1. The molecule has 2 rings (SSSR count). The molecule has 0 radical (unpaired) electrons. The zero-order valence-corrected chi connectivity index (χ0v) is 9.29. The van der Waals surface area contributed by atoms with Crippen LogP contribution in [0, 0.1) is 0 Å². The van der Waals surface area contributed by atoms with Gasteiger partial charge in [0.15, 0.2) is 6.10 Å². The normalized spacial score (nSPS) is 29.9. The third kappa shape index (κ3) is 2.29. The standard InChI is InChI=1S/C10H12F3NO4/c11-10(12,13)9(3-4-9)14-7(15)5-1-2-6(18-5)8(16)17/h5-6H,1-4H2,(H,14,15)(H,16,17)/t5-,6+/m0/s1. The topological polar surface area (TPSA) is 75.6 Å². The minimum atomic E-state index is -4.48. The van der Waals surface area contributed by atoms with Crippen LogP contribution in [-0.4, -0.2) is 40.9 Å². The molecule has 1 saturated carbocycles. The summed E-state index contributed by atoms with van der Waals surface area (Å²) in [6, 6.07) is 0. The molecule has 5 nitrogen and oxygen atoms in total. The van der Waals surface area contributed by atoms with Crippen LogP contribution in [0.25, 0.3) is 0 Å². The number of carboxylic acids is 1. The van der Waals surface area contributed by atoms with E-state index in [1.807, 2.05) is 5.32 Å². The van der Waals surface area contributed by atoms with Gasteiger partial charge in [-0.05, 0) is 25.7 Å². The second kappa shape index (κ2) is 4.11. The number of rotatable bonds is 3. The Morgan fingerprint density at radius 2 is 1.78 bits per heavy atom. The van der Waals surface area contributed by atoms with E-state index in [0.717, 1.165) is 0 Å². The summed E-state index contributed by atoms with van der Waals surface area (Å²) in [7, 11) is 0. The Labute approximate surface area is 100 Å². The zero-order valence-electron chi connectivity index (χ0n) is 9.29. The fourth-order valence-corrected chi connectivity index (χ4v) is 1.93. The lowest BCUT2D eigenvalue weighted by Gasteiger charge is -2.22. The van der Waals surface area contributed by atoms with Gasteiger partial charge in [0, 0.05) is 0 Å². The molecule has 2 N–H and O–H groups in total. The first-order valence-electron chi connectivity index (χ1n) is 5.52. The molecule has 0 spiro atoms. The monoisotopic (exact) mass is 267 g/mol. The number of carboxylic acid groups (broad SMARTS) is 1. The summed E-state index contributed by atoms with van der Waals surface area (Å²) in [4.78, 5) is 22.2. The molecule has 1 heterocycles. The lowest BCUT2D eigenvalue weighted by Crippen LogP contribution is -2.51. The van der Waals surface area contributed by atoms with Crippen molar-refractivity contribution in [2.75, 3.05) is 0 Å². The second-order valence-electron chi connectivity index (χ2n) is 4.60. The molecule has 0 unspecified atom stereocenters. The molecule has 0 aromatic rings. The number of amides is 1. The summed E-state index contributed by atoms with van der Waals surface area (Å²) in [6.45, 7) is 0. The predicted octanol–water partition coefficient (Wildman–Crippen LogP) is 0.830. The van der Waals surface area contributed by atoms with E-state index in [9.17, 15) is 22.8 Å². The van der Waals surface area contributed by atoms with Crippen molar-refractivity contribution in [1.82, 2.24) is 5.32 Å². The van der Waals surface area contributed by atoms with Gasteiger partial charge in [-0.2, -0.15) is 13.2 Å². The van der Waals surface area contributed by atoms with Crippen molar-refractivity contribution >= 4 is 11.9 Å². The first kappa shape index (κ1) is 13.1. The van der Waals surface area contributed by atoms with Gasteiger partial charge in [-0.25, -0.2) is 4.79 Å². The molecule has 2 fully saturated rings. The Hall–Kier alpha value is -1.31. The first-order chi connectivity index (χ1) is 8.25. The van der Waals surface area contributed by atoms with Gasteiger partial charge in [-0.15, -0.1) is 0 Å². The minimum absolute atomic E-state index is 0.122. The molecule has 1 amide bonds. The highest BCUT2D eigenvalue weighted by molar-refractivity contribution is 5.83. The summed E-state index contributed by atoms with van der Waals surface area (Å²) in [5.41, 5.74) is -2.13. The number of hydrogen-bond donors (Lipinski definition) is 2. The number of ether oxygens (including phenoxy) is 1. The van der Waals surface area contributed by atoms with E-state index in [4.69, 9.17) is 9.84 Å². The average molecular weight is 267 g/mol. The second-order valence-corrected chi connectivity index (χ2v) is 4.60. The fraction of sp³-hybridized carbons (Fsp3) is 0.800. The Morgan fingerprint density at radius 3 is 2.17 bits per heavy atom. The Bertz CT molecular complexity index is 378. The Kier molecular flexibility index (Phi) is 3.00. The molecule has 0 bridgehead atoms. The lowest BCUT2D eigenvalue weighted by molar-refractivity contribution is -0.174. The molecule has 8 heteroatoms. The van der Waals surface area contributed by atoms with Crippen LogP contribution in [-0.2, 0) is 14.3 Å². The summed E-state index contributed by atoms with van der Waals surface area (Å²) in [6.07, 6.45) is -6.72. The molecule has 1 aliphatic heterocycles. The number of aliphatic carboxylic acids is 1. The van der Waals surface area contributed by atoms with Crippen molar-refractivity contribution in [2.45, 2.75) is 49.6 Å². The number of carbonyl (C=O) groups excluding carboxylic acids is 1. The lowest BCUT2D eigenvalue weighted by atomic mass is 10.1. The van der Waals surface area contributed by atoms with E-state index in [2.05, 4.69) is 0 Å². The van der Waals surface area contributed by atoms with E-state index in [-0.39, 0.29) is 25.7 Å². The molecular weight excluding hydrogens is 255 g/mol. The highest BCUT2D eigenvalue weighted by Gasteiger charge is 2.64. The molecule has 102 valence electrons. The van der Waals surface area contributed by atoms with Gasteiger partial charge in [0.05, 0.1) is 0 Å². The zero-order chi connectivity index (χ0) is 13.6. The molecule has 2 atom stereocenters. The van der Waals surface area contributed by atoms with E-state index in [1.54, 1.807) is 0 Å². The van der Waals surface area contributed by atoms with Crippen LogP contribution in [0.15, 0.2) is 0 Å². The van der Waals surface area contributed by atoms with E-state index < -0.39 is 35.8 Å². The highest BCUT2D eigenvalue weighted by atomic mass is 19.4. The van der Waals surface area contributed by atoms with Crippen LogP contribution < -0.4 is 5.32 Å². The van der Waals surface area contributed by atoms with Gasteiger partial charge in [0.1, 0.15) is 11.6 Å². The molecule has 2 aliphatic rings. The smallest absolute Gasteiger partial charge is 0.411 e. The number of alkyl halides is 3. The third-order valence-electron chi connectivity index (χ3n) is 3.24. The predicted molar refractivity (Wildman–Crippen MR) is 51.7 cm³/mol. The number of halogens is 3. The summed E-state index contributed by atoms with van der Waals surface area (Å²) >= 11 is 0. The van der Waals surface area contributed by atoms with Gasteiger partial charge in [0.25, 0.3) is 0 Å². The summed E-state index contributed by atoms with van der Waals surface area (Å²) in [5, 5.41) is 10.6. The first-order valence-corrected chi connectivity index (χ1v) is 5.52. The SMILES string of the molecule is O=C(NC1(C(F)(F)F)CC1)[C@@H]1CC[C@H](C(=O)O)O1. The fourth-order valence-electron chi connectivity index (χ4n) is 1.93. The molecule has 0 aromatic heterocycles. The van der Waals surface area contributed by atoms with Crippen LogP contribution in [0.4, 0.5) is 13.2 Å². The van der Waals surface area contributed by atoms with Crippen LogP contribution in [0.2, 0.25) is 0 Å². The van der Waals surface area contributed by atoms with Crippen molar-refractivity contribution in [3.8, 4) is 0 Å². The van der Waals surface area contributed by atoms with Crippen molar-refractivity contribution in [2.24, 2.45) is 0 Å². The van der Waals surface area contributed by atoms with Crippen LogP contribution >= 0.6 is 0 Å². The van der Waals surface area contributed by atoms with Crippen molar-refractivity contribution in [1.29, 1.82) is 0 Å². The molecule has 18 heavy (non-hydrogen) atoms. The van der Waals surface area contributed by atoms with Crippen LogP contribution in [0.5, 0.6) is 0 Å². The molecule has 1 saturated heterocycles. The number of carbonyl (C=O) groups is 2. The van der Waals surface area contributed by atoms with Gasteiger partial charge in [-0.3, -0.25) is 4.79 Å². The molecule has 0 aromatic carbocycles. The van der Waals surface area contributed by atoms with Gasteiger partial charge in [0.2, 0.25) is 5.91 Å². The van der Waals surface area contributed by atoms with Crippen LogP contribution in [0.3, 0.4) is 0 Å². The van der Waals surface area contributed by atoms with E-state index >= 15 is 0 Å². The summed E-state index contributed by atoms with van der Waals surface area (Å²) in [5.74, 6) is -2.09. The van der Waals surface area contributed by atoms with Gasteiger partial charge >= 0.3 is 12.1 Å². The molecule has 1 aliphatic carbocycles. The average Bonchev–Trinajstić information content (AvgIpc) is 2.87. The van der Waals surface area contributed by atoms with Crippen molar-refractivity contribution < 1.29 is 32.6 Å². The third-order valence-corrected chi connectivity index (χ3v) is 3.24. The Morgan fingerprint density at radius 1 is 1.22 bits per heavy atom. The largest absolute Gasteiger partial charge is 0.479 e. The van der Waals surface area contributed by atoms with Gasteiger partial charge < -0.3 is 15.2 Å². The number of hydrogen-bond acceptors (Lipinski definition) is 3. The van der Waals surface area contributed by atoms with Crippen molar-refractivity contribution in [3.63, 3.8) is 0 Å². The van der Waals surface area contributed by atoms with Crippen molar-refractivity contribution in [3.05, 3.63) is 0 Å². The Balaban J connectivity index is 1.92. The molecular formula is C10H12F3NO4. The van der Waals surface area contributed by atoms with Crippen LogP contribution in [0.1, 0.15) is 25.7 Å². The maximum Gasteiger partial charge on any atom is 0.411 e. The van der Waals surface area contributed by atoms with E-state index in [0.29, 0.717) is 0 Å². The van der Waals surface area contributed by atoms with Gasteiger partial charge in [-0.1, -0.05) is 0 Å².